The molecule has 68 heavy (non-hydrogen) atoms. The third-order valence-electron chi connectivity index (χ3n) is 14.4. The van der Waals surface area contributed by atoms with Crippen LogP contribution in [-0.2, 0) is 9.47 Å². The molecule has 1 aromatic rings. The van der Waals surface area contributed by atoms with E-state index in [-0.39, 0.29) is 0 Å². The molecule has 0 aliphatic heterocycles. The van der Waals surface area contributed by atoms with Gasteiger partial charge in [0.25, 0.3) is 0 Å². The second-order valence-electron chi connectivity index (χ2n) is 20.9. The van der Waals surface area contributed by atoms with Crippen molar-refractivity contribution in [2.75, 3.05) is 52.5 Å². The molecule has 0 spiro atoms. The highest BCUT2D eigenvalue weighted by Crippen LogP contribution is 2.17. The van der Waals surface area contributed by atoms with Gasteiger partial charge in [0.1, 0.15) is 0 Å². The van der Waals surface area contributed by atoms with Crippen LogP contribution in [0.3, 0.4) is 0 Å². The van der Waals surface area contributed by atoms with Gasteiger partial charge >= 0.3 is 11.9 Å². The number of nitrogens with zero attached hydrogens (tertiary/aromatic N) is 2. The Morgan fingerprint density at radius 3 is 0.706 bits per heavy atom. The third kappa shape index (κ3) is 40.8. The molecule has 0 fully saturated rings. The first-order valence-corrected chi connectivity index (χ1v) is 30.4. The normalized spacial score (nSPS) is 11.6. The van der Waals surface area contributed by atoms with E-state index in [9.17, 15) is 9.59 Å². The Bertz CT molecular complexity index is 1070. The van der Waals surface area contributed by atoms with E-state index in [0.717, 1.165) is 52.1 Å². The molecule has 6 nitrogen and oxygen atoms in total. The first-order chi connectivity index (χ1) is 33.6. The summed E-state index contributed by atoms with van der Waals surface area (Å²) in [6, 6.07) is 7.05. The maximum Gasteiger partial charge on any atom is 0.339 e. The molecule has 398 valence electrons. The molecular formula is C62H116N2O4. The molecule has 6 heteroatoms. The molecule has 0 unspecified atom stereocenters. The molecule has 0 aliphatic rings. The van der Waals surface area contributed by atoms with E-state index in [2.05, 4.69) is 37.5 Å². The van der Waals surface area contributed by atoms with Crippen LogP contribution < -0.4 is 0 Å². The Hall–Kier alpha value is -1.92. The first-order valence-electron chi connectivity index (χ1n) is 30.4. The minimum atomic E-state index is -0.423. The summed E-state index contributed by atoms with van der Waals surface area (Å²) in [5.41, 5.74) is 0.627. The largest absolute Gasteiger partial charge is 0.462 e. The average molecular weight is 954 g/mol. The number of rotatable bonds is 54. The fourth-order valence-corrected chi connectivity index (χ4v) is 9.86. The fourth-order valence-electron chi connectivity index (χ4n) is 9.86. The van der Waals surface area contributed by atoms with Crippen LogP contribution in [0.25, 0.3) is 0 Å². The highest BCUT2D eigenvalue weighted by atomic mass is 16.5. The second-order valence-corrected chi connectivity index (χ2v) is 20.9. The third-order valence-corrected chi connectivity index (χ3v) is 14.4. The van der Waals surface area contributed by atoms with Crippen LogP contribution in [0.1, 0.15) is 318 Å². The predicted molar refractivity (Wildman–Crippen MR) is 296 cm³/mol. The van der Waals surface area contributed by atoms with E-state index in [1.165, 1.54) is 257 Å². The SMILES string of the molecule is CCCCCCCCCCCCN(CCCCCCCCCCCC)CCCOC(=O)c1ccccc1C(=O)OCCCN(CCCCCCCCCCCC)CCCCCCCCCCCC. The van der Waals surface area contributed by atoms with Crippen LogP contribution in [0.5, 0.6) is 0 Å². The Labute approximate surface area is 424 Å². The van der Waals surface area contributed by atoms with Crippen LogP contribution in [0.4, 0.5) is 0 Å². The van der Waals surface area contributed by atoms with E-state index in [1.54, 1.807) is 12.1 Å². The van der Waals surface area contributed by atoms with Gasteiger partial charge < -0.3 is 19.3 Å². The maximum atomic E-state index is 13.4. The van der Waals surface area contributed by atoms with Gasteiger partial charge in [-0.05, 0) is 76.8 Å². The van der Waals surface area contributed by atoms with Gasteiger partial charge in [0, 0.05) is 13.1 Å². The van der Waals surface area contributed by atoms with E-state index in [0.29, 0.717) is 24.3 Å². The minimum absolute atomic E-state index is 0.314. The van der Waals surface area contributed by atoms with E-state index in [4.69, 9.17) is 9.47 Å². The minimum Gasteiger partial charge on any atom is -0.462 e. The van der Waals surface area contributed by atoms with Crippen LogP contribution in [0.2, 0.25) is 0 Å². The van der Waals surface area contributed by atoms with Crippen LogP contribution >= 0.6 is 0 Å². The number of hydrogen-bond donors (Lipinski definition) is 0. The molecular weight excluding hydrogens is 837 g/mol. The van der Waals surface area contributed by atoms with Crippen molar-refractivity contribution < 1.29 is 19.1 Å². The highest BCUT2D eigenvalue weighted by Gasteiger charge is 2.19. The lowest BCUT2D eigenvalue weighted by Crippen LogP contribution is -2.28. The van der Waals surface area contributed by atoms with Gasteiger partial charge in [0.15, 0.2) is 0 Å². The number of hydrogen-bond acceptors (Lipinski definition) is 6. The number of carbonyl (C=O) groups excluding carboxylic acids is 2. The van der Waals surface area contributed by atoms with Gasteiger partial charge in [0.2, 0.25) is 0 Å². The van der Waals surface area contributed by atoms with Crippen molar-refractivity contribution in [3.8, 4) is 0 Å². The van der Waals surface area contributed by atoms with Crippen LogP contribution in [0, 0.1) is 0 Å². The summed E-state index contributed by atoms with van der Waals surface area (Å²) in [4.78, 5) is 32.0. The van der Waals surface area contributed by atoms with Crippen molar-refractivity contribution in [1.82, 2.24) is 9.80 Å². The van der Waals surface area contributed by atoms with Gasteiger partial charge in [-0.2, -0.15) is 0 Å². The number of esters is 2. The second kappa shape index (κ2) is 51.4. The van der Waals surface area contributed by atoms with Gasteiger partial charge in [0.05, 0.1) is 24.3 Å². The summed E-state index contributed by atoms with van der Waals surface area (Å²) in [6.45, 7) is 16.3. The first kappa shape index (κ1) is 64.1. The van der Waals surface area contributed by atoms with Gasteiger partial charge in [-0.3, -0.25) is 0 Å². The lowest BCUT2D eigenvalue weighted by atomic mass is 10.1. The van der Waals surface area contributed by atoms with Crippen molar-refractivity contribution in [2.24, 2.45) is 0 Å². The summed E-state index contributed by atoms with van der Waals surface area (Å²) in [6.07, 6.45) is 55.8. The Kier molecular flexibility index (Phi) is 48.5. The summed E-state index contributed by atoms with van der Waals surface area (Å²) in [7, 11) is 0. The molecule has 0 saturated carbocycles. The predicted octanol–water partition coefficient (Wildman–Crippen LogP) is 19.1. The van der Waals surface area contributed by atoms with E-state index >= 15 is 0 Å². The number of unbranched alkanes of at least 4 members (excludes halogenated alkanes) is 36. The lowest BCUT2D eigenvalue weighted by Gasteiger charge is -2.22. The molecule has 0 radical (unpaired) electrons. The van der Waals surface area contributed by atoms with Crippen LogP contribution in [-0.4, -0.2) is 74.2 Å². The van der Waals surface area contributed by atoms with Crippen molar-refractivity contribution in [2.45, 2.75) is 297 Å². The zero-order valence-electron chi connectivity index (χ0n) is 46.2. The van der Waals surface area contributed by atoms with Crippen molar-refractivity contribution in [3.63, 3.8) is 0 Å². The average Bonchev–Trinajstić information content (AvgIpc) is 3.35. The summed E-state index contributed by atoms with van der Waals surface area (Å²) in [5, 5.41) is 0. The highest BCUT2D eigenvalue weighted by molar-refractivity contribution is 6.03. The molecule has 0 bridgehead atoms. The monoisotopic (exact) mass is 953 g/mol. The Balaban J connectivity index is 2.57. The van der Waals surface area contributed by atoms with Crippen molar-refractivity contribution >= 4 is 11.9 Å². The van der Waals surface area contributed by atoms with Crippen LogP contribution in [0.15, 0.2) is 24.3 Å². The summed E-state index contributed by atoms with van der Waals surface area (Å²) >= 11 is 0. The fraction of sp³-hybridized carbons (Fsp3) is 0.871. The maximum absolute atomic E-state index is 13.4. The standard InChI is InChI=1S/C62H116N2O4/c1-5-9-13-17-21-25-29-33-37-43-51-63(52-44-38-34-30-26-22-18-14-10-6-2)55-47-57-67-61(65)59-49-41-42-50-60(59)62(66)68-58-48-56-64(53-45-39-35-31-27-23-19-15-11-7-3)54-46-40-36-32-28-24-20-16-12-8-4/h41-42,49-50H,5-40,43-48,51-58H2,1-4H3. The molecule has 0 aromatic heterocycles. The lowest BCUT2D eigenvalue weighted by molar-refractivity contribution is 0.0440. The Morgan fingerprint density at radius 1 is 0.294 bits per heavy atom. The smallest absolute Gasteiger partial charge is 0.339 e. The number of carbonyl (C=O) groups is 2. The molecule has 0 amide bonds. The number of benzene rings is 1. The topological polar surface area (TPSA) is 59.1 Å². The molecule has 1 rings (SSSR count). The number of ether oxygens (including phenoxy) is 2. The zero-order chi connectivity index (χ0) is 49.1. The summed E-state index contributed by atoms with van der Waals surface area (Å²) in [5.74, 6) is -0.847. The van der Waals surface area contributed by atoms with E-state index < -0.39 is 11.9 Å². The molecule has 0 atom stereocenters. The Morgan fingerprint density at radius 2 is 0.485 bits per heavy atom. The van der Waals surface area contributed by atoms with Gasteiger partial charge in [-0.25, -0.2) is 9.59 Å². The molecule has 0 aliphatic carbocycles. The van der Waals surface area contributed by atoms with Crippen molar-refractivity contribution in [3.05, 3.63) is 35.4 Å². The van der Waals surface area contributed by atoms with Gasteiger partial charge in [-0.1, -0.05) is 271 Å². The molecule has 1 aromatic carbocycles. The molecule has 0 heterocycles. The quantitative estimate of drug-likeness (QED) is 0.0479. The van der Waals surface area contributed by atoms with Gasteiger partial charge in [-0.15, -0.1) is 0 Å². The van der Waals surface area contributed by atoms with E-state index in [1.807, 2.05) is 12.1 Å². The molecule has 0 N–H and O–H groups in total. The summed E-state index contributed by atoms with van der Waals surface area (Å²) < 4.78 is 11.7. The zero-order valence-corrected chi connectivity index (χ0v) is 46.2. The van der Waals surface area contributed by atoms with Crippen molar-refractivity contribution in [1.29, 1.82) is 0 Å². The molecule has 0 saturated heterocycles.